The number of benzene rings is 1. The van der Waals surface area contributed by atoms with Gasteiger partial charge < -0.3 is 15.2 Å². The molecule has 5 nitrogen and oxygen atoms in total. The molecule has 0 atom stereocenters. The number of rotatable bonds is 7. The molecule has 2 rings (SSSR count). The van der Waals surface area contributed by atoms with Crippen LogP contribution in [-0.4, -0.2) is 41.3 Å². The summed E-state index contributed by atoms with van der Waals surface area (Å²) in [5.74, 6) is -0.169. The average molecular weight is 301 g/mol. The van der Waals surface area contributed by atoms with Crippen LogP contribution < -0.4 is 5.32 Å². The molecule has 5 heteroatoms. The Hall–Kier alpha value is -2.30. The molecule has 22 heavy (non-hydrogen) atoms. The molecular formula is C17H23N3O2. The smallest absolute Gasteiger partial charge is 0.239 e. The fourth-order valence-electron chi connectivity index (χ4n) is 2.52. The third kappa shape index (κ3) is 4.10. The summed E-state index contributed by atoms with van der Waals surface area (Å²) in [6, 6.07) is 8.11. The van der Waals surface area contributed by atoms with Crippen LogP contribution in [0.3, 0.4) is 0 Å². The van der Waals surface area contributed by atoms with Crippen LogP contribution in [0, 0.1) is 0 Å². The van der Waals surface area contributed by atoms with Gasteiger partial charge in [-0.15, -0.1) is 0 Å². The van der Waals surface area contributed by atoms with Crippen LogP contribution in [0.2, 0.25) is 0 Å². The molecule has 0 radical (unpaired) electrons. The Labute approximate surface area is 130 Å². The summed E-state index contributed by atoms with van der Waals surface area (Å²) in [6.45, 7) is 4.81. The predicted molar refractivity (Wildman–Crippen MR) is 87.6 cm³/mol. The van der Waals surface area contributed by atoms with Crippen molar-refractivity contribution in [3.8, 4) is 0 Å². The van der Waals surface area contributed by atoms with Crippen molar-refractivity contribution in [2.45, 2.75) is 26.7 Å². The number of carbonyl (C=O) groups excluding carboxylic acids is 2. The van der Waals surface area contributed by atoms with E-state index in [4.69, 9.17) is 0 Å². The molecule has 2 amide bonds. The van der Waals surface area contributed by atoms with E-state index in [-0.39, 0.29) is 18.4 Å². The van der Waals surface area contributed by atoms with Gasteiger partial charge in [-0.2, -0.15) is 0 Å². The van der Waals surface area contributed by atoms with Gasteiger partial charge in [-0.25, -0.2) is 0 Å². The van der Waals surface area contributed by atoms with Gasteiger partial charge in [0.05, 0.1) is 6.54 Å². The molecule has 0 spiro atoms. The Kier molecular flexibility index (Phi) is 5.58. The van der Waals surface area contributed by atoms with Crippen molar-refractivity contribution in [2.75, 3.05) is 19.6 Å². The minimum Gasteiger partial charge on any atom is -0.361 e. The molecule has 0 aliphatic carbocycles. The van der Waals surface area contributed by atoms with Crippen LogP contribution in [0.25, 0.3) is 10.9 Å². The normalized spacial score (nSPS) is 10.6. The second-order valence-electron chi connectivity index (χ2n) is 5.40. The Morgan fingerprint density at radius 3 is 2.77 bits per heavy atom. The standard InChI is InChI=1S/C17H23N3O2/c1-3-10-20(13(2)21)12-17(22)18-9-8-14-11-19-16-7-5-4-6-15(14)16/h4-7,11,19H,3,8-10,12H2,1-2H3,(H,18,22). The van der Waals surface area contributed by atoms with Crippen LogP contribution >= 0.6 is 0 Å². The minimum atomic E-state index is -0.108. The Morgan fingerprint density at radius 1 is 1.27 bits per heavy atom. The van der Waals surface area contributed by atoms with Gasteiger partial charge in [-0.1, -0.05) is 25.1 Å². The number of nitrogens with one attached hydrogen (secondary N) is 2. The summed E-state index contributed by atoms with van der Waals surface area (Å²) in [5.41, 5.74) is 2.29. The molecule has 0 fully saturated rings. The second kappa shape index (κ2) is 7.64. The second-order valence-corrected chi connectivity index (χ2v) is 5.40. The summed E-state index contributed by atoms with van der Waals surface area (Å²) < 4.78 is 0. The minimum absolute atomic E-state index is 0.0615. The molecule has 0 saturated heterocycles. The fraction of sp³-hybridized carbons (Fsp3) is 0.412. The van der Waals surface area contributed by atoms with Crippen LogP contribution in [0.15, 0.2) is 30.5 Å². The van der Waals surface area contributed by atoms with E-state index in [1.165, 1.54) is 17.9 Å². The average Bonchev–Trinajstić information content (AvgIpc) is 2.90. The molecule has 1 heterocycles. The highest BCUT2D eigenvalue weighted by Crippen LogP contribution is 2.17. The summed E-state index contributed by atoms with van der Waals surface area (Å²) in [7, 11) is 0. The highest BCUT2D eigenvalue weighted by Gasteiger charge is 2.12. The number of aromatic amines is 1. The summed E-state index contributed by atoms with van der Waals surface area (Å²) in [4.78, 5) is 28.1. The Balaban J connectivity index is 1.83. The van der Waals surface area contributed by atoms with E-state index in [9.17, 15) is 9.59 Å². The zero-order chi connectivity index (χ0) is 15.9. The molecule has 0 bridgehead atoms. The van der Waals surface area contributed by atoms with E-state index < -0.39 is 0 Å². The third-order valence-electron chi connectivity index (χ3n) is 3.66. The number of amides is 2. The number of nitrogens with zero attached hydrogens (tertiary/aromatic N) is 1. The van der Waals surface area contributed by atoms with Gasteiger partial charge in [0.25, 0.3) is 0 Å². The lowest BCUT2D eigenvalue weighted by atomic mass is 10.1. The van der Waals surface area contributed by atoms with Crippen molar-refractivity contribution < 1.29 is 9.59 Å². The molecule has 0 saturated carbocycles. The molecule has 1 aromatic carbocycles. The van der Waals surface area contributed by atoms with E-state index in [0.717, 1.165) is 18.4 Å². The van der Waals surface area contributed by atoms with Crippen molar-refractivity contribution in [2.24, 2.45) is 0 Å². The summed E-state index contributed by atoms with van der Waals surface area (Å²) >= 11 is 0. The first kappa shape index (κ1) is 16.1. The van der Waals surface area contributed by atoms with Gasteiger partial charge >= 0.3 is 0 Å². The number of H-pyrrole nitrogens is 1. The van der Waals surface area contributed by atoms with Crippen molar-refractivity contribution >= 4 is 22.7 Å². The maximum absolute atomic E-state index is 11.9. The topological polar surface area (TPSA) is 65.2 Å². The highest BCUT2D eigenvalue weighted by atomic mass is 16.2. The number of para-hydroxylation sites is 1. The number of hydrogen-bond donors (Lipinski definition) is 2. The zero-order valence-electron chi connectivity index (χ0n) is 13.2. The molecule has 0 unspecified atom stereocenters. The van der Waals surface area contributed by atoms with Gasteiger partial charge in [0.15, 0.2) is 0 Å². The van der Waals surface area contributed by atoms with E-state index in [1.54, 1.807) is 4.90 Å². The molecule has 118 valence electrons. The van der Waals surface area contributed by atoms with Crippen molar-refractivity contribution in [1.82, 2.24) is 15.2 Å². The maximum atomic E-state index is 11.9. The van der Waals surface area contributed by atoms with E-state index in [2.05, 4.69) is 16.4 Å². The molecular weight excluding hydrogens is 278 g/mol. The maximum Gasteiger partial charge on any atom is 0.239 e. The number of carbonyl (C=O) groups is 2. The van der Waals surface area contributed by atoms with Crippen LogP contribution in [0.1, 0.15) is 25.8 Å². The van der Waals surface area contributed by atoms with Crippen LogP contribution in [-0.2, 0) is 16.0 Å². The molecule has 0 aliphatic rings. The van der Waals surface area contributed by atoms with Crippen LogP contribution in [0.5, 0.6) is 0 Å². The first-order valence-corrected chi connectivity index (χ1v) is 7.69. The number of aromatic nitrogens is 1. The van der Waals surface area contributed by atoms with Gasteiger partial charge in [0.1, 0.15) is 0 Å². The first-order chi connectivity index (χ1) is 10.6. The van der Waals surface area contributed by atoms with E-state index >= 15 is 0 Å². The number of fused-ring (bicyclic) bond motifs is 1. The molecule has 2 aromatic rings. The first-order valence-electron chi connectivity index (χ1n) is 7.69. The lowest BCUT2D eigenvalue weighted by Gasteiger charge is -2.19. The lowest BCUT2D eigenvalue weighted by molar-refractivity contribution is -0.134. The monoisotopic (exact) mass is 301 g/mol. The SMILES string of the molecule is CCCN(CC(=O)NCCc1c[nH]c2ccccc12)C(C)=O. The van der Waals surface area contributed by atoms with Gasteiger partial charge in [-0.3, -0.25) is 9.59 Å². The zero-order valence-corrected chi connectivity index (χ0v) is 13.2. The largest absolute Gasteiger partial charge is 0.361 e. The summed E-state index contributed by atoms with van der Waals surface area (Å²) in [5, 5.41) is 4.07. The fourth-order valence-corrected chi connectivity index (χ4v) is 2.52. The van der Waals surface area contributed by atoms with Crippen molar-refractivity contribution in [3.05, 3.63) is 36.0 Å². The van der Waals surface area contributed by atoms with E-state index in [1.807, 2.05) is 31.3 Å². The number of hydrogen-bond acceptors (Lipinski definition) is 2. The quantitative estimate of drug-likeness (QED) is 0.822. The van der Waals surface area contributed by atoms with Crippen molar-refractivity contribution in [3.63, 3.8) is 0 Å². The predicted octanol–water partition coefficient (Wildman–Crippen LogP) is 2.09. The Morgan fingerprint density at radius 2 is 2.05 bits per heavy atom. The van der Waals surface area contributed by atoms with Gasteiger partial charge in [-0.05, 0) is 24.5 Å². The summed E-state index contributed by atoms with van der Waals surface area (Å²) in [6.07, 6.45) is 3.60. The highest BCUT2D eigenvalue weighted by molar-refractivity contribution is 5.84. The van der Waals surface area contributed by atoms with Gasteiger partial charge in [0, 0.05) is 37.1 Å². The van der Waals surface area contributed by atoms with Crippen molar-refractivity contribution in [1.29, 1.82) is 0 Å². The lowest BCUT2D eigenvalue weighted by Crippen LogP contribution is -2.40. The molecule has 0 aliphatic heterocycles. The Bertz CT molecular complexity index is 648. The third-order valence-corrected chi connectivity index (χ3v) is 3.66. The van der Waals surface area contributed by atoms with E-state index in [0.29, 0.717) is 13.1 Å². The molecule has 2 N–H and O–H groups in total. The molecule has 1 aromatic heterocycles. The van der Waals surface area contributed by atoms with Crippen LogP contribution in [0.4, 0.5) is 0 Å². The van der Waals surface area contributed by atoms with Gasteiger partial charge in [0.2, 0.25) is 11.8 Å².